The van der Waals surface area contributed by atoms with Crippen molar-refractivity contribution in [1.82, 2.24) is 15.2 Å². The van der Waals surface area contributed by atoms with E-state index in [1.165, 1.54) is 7.11 Å². The molecule has 1 aliphatic heterocycles. The minimum Gasteiger partial charge on any atom is -0.497 e. The van der Waals surface area contributed by atoms with Gasteiger partial charge >= 0.3 is 5.97 Å². The molecule has 9 nitrogen and oxygen atoms in total. The van der Waals surface area contributed by atoms with Crippen LogP contribution in [-0.4, -0.2) is 72.8 Å². The molecule has 0 saturated carbocycles. The van der Waals surface area contributed by atoms with E-state index >= 15 is 0 Å². The fraction of sp³-hybridized carbons (Fsp3) is 0.370. The number of ether oxygens (including phenoxy) is 2. The number of fused-ring (bicyclic) bond motifs is 1. The van der Waals surface area contributed by atoms with Crippen molar-refractivity contribution < 1.29 is 24.2 Å². The fourth-order valence-corrected chi connectivity index (χ4v) is 4.65. The van der Waals surface area contributed by atoms with Crippen molar-refractivity contribution in [2.75, 3.05) is 45.7 Å². The number of benzene rings is 2. The number of carbonyl (C=O) groups is 2. The van der Waals surface area contributed by atoms with Crippen molar-refractivity contribution in [1.29, 1.82) is 0 Å². The topological polar surface area (TPSA) is 113 Å². The zero-order valence-electron chi connectivity index (χ0n) is 20.6. The summed E-state index contributed by atoms with van der Waals surface area (Å²) in [5, 5.41) is 17.9. The molecule has 1 unspecified atom stereocenters. The first kappa shape index (κ1) is 25.6. The van der Waals surface area contributed by atoms with Crippen LogP contribution in [-0.2, 0) is 14.3 Å². The Balaban J connectivity index is 1.38. The number of esters is 1. The van der Waals surface area contributed by atoms with Crippen LogP contribution >= 0.6 is 0 Å². The first-order valence-electron chi connectivity index (χ1n) is 12.0. The van der Waals surface area contributed by atoms with E-state index in [0.717, 1.165) is 16.5 Å². The SMILES string of the molecule is COC(=O)C1(NCC(=O)Nc2ccccc2)CCN(CC(O)c2ccnc3ccc(OC)cc23)CC1. The van der Waals surface area contributed by atoms with Crippen molar-refractivity contribution >= 4 is 28.5 Å². The fourth-order valence-electron chi connectivity index (χ4n) is 4.65. The molecule has 2 aromatic carbocycles. The van der Waals surface area contributed by atoms with Gasteiger partial charge in [0.1, 0.15) is 11.3 Å². The van der Waals surface area contributed by atoms with Crippen molar-refractivity contribution in [3.8, 4) is 5.75 Å². The maximum Gasteiger partial charge on any atom is 0.326 e. The predicted molar refractivity (Wildman–Crippen MR) is 137 cm³/mol. The number of likely N-dealkylation sites (tertiary alicyclic amines) is 1. The van der Waals surface area contributed by atoms with E-state index in [0.29, 0.717) is 43.9 Å². The summed E-state index contributed by atoms with van der Waals surface area (Å²) in [4.78, 5) is 31.7. The lowest BCUT2D eigenvalue weighted by Gasteiger charge is -2.40. The van der Waals surface area contributed by atoms with Crippen LogP contribution in [0, 0.1) is 0 Å². The largest absolute Gasteiger partial charge is 0.497 e. The van der Waals surface area contributed by atoms with Crippen LogP contribution in [0.2, 0.25) is 0 Å². The third kappa shape index (κ3) is 5.81. The number of piperidine rings is 1. The molecule has 3 aromatic rings. The predicted octanol–water partition coefficient (Wildman–Crippen LogP) is 2.51. The molecule has 3 N–H and O–H groups in total. The number of nitrogens with zero attached hydrogens (tertiary/aromatic N) is 2. The van der Waals surface area contributed by atoms with Gasteiger partial charge in [-0.1, -0.05) is 18.2 Å². The summed E-state index contributed by atoms with van der Waals surface area (Å²) in [5.74, 6) is 0.0805. The molecule has 1 saturated heterocycles. The van der Waals surface area contributed by atoms with Gasteiger partial charge < -0.3 is 24.8 Å². The summed E-state index contributed by atoms with van der Waals surface area (Å²) in [5.41, 5.74) is 1.30. The number of carbonyl (C=O) groups excluding carboxylic acids is 2. The van der Waals surface area contributed by atoms with E-state index in [1.54, 1.807) is 25.4 Å². The number of nitrogens with one attached hydrogen (secondary N) is 2. The van der Waals surface area contributed by atoms with Gasteiger partial charge in [-0.25, -0.2) is 0 Å². The molecule has 0 aliphatic carbocycles. The van der Waals surface area contributed by atoms with Crippen molar-refractivity contribution in [2.24, 2.45) is 0 Å². The minimum atomic E-state index is -0.957. The summed E-state index contributed by atoms with van der Waals surface area (Å²) in [6.45, 7) is 1.51. The van der Waals surface area contributed by atoms with Crippen LogP contribution in [0.5, 0.6) is 5.75 Å². The number of methoxy groups -OCH3 is 2. The van der Waals surface area contributed by atoms with E-state index in [1.807, 2.05) is 42.5 Å². The Kier molecular flexibility index (Phi) is 8.14. The Labute approximate surface area is 210 Å². The highest BCUT2D eigenvalue weighted by Crippen LogP contribution is 2.29. The van der Waals surface area contributed by atoms with Gasteiger partial charge in [0, 0.05) is 36.9 Å². The number of aliphatic hydroxyl groups excluding tert-OH is 1. The van der Waals surface area contributed by atoms with Gasteiger partial charge in [0.2, 0.25) is 5.91 Å². The van der Waals surface area contributed by atoms with Crippen molar-refractivity contribution in [2.45, 2.75) is 24.5 Å². The van der Waals surface area contributed by atoms with Crippen molar-refractivity contribution in [3.05, 3.63) is 66.4 Å². The number of para-hydroxylation sites is 1. The lowest BCUT2D eigenvalue weighted by atomic mass is 9.87. The molecule has 36 heavy (non-hydrogen) atoms. The molecule has 1 atom stereocenters. The zero-order valence-corrected chi connectivity index (χ0v) is 20.6. The second kappa shape index (κ2) is 11.5. The third-order valence-corrected chi connectivity index (χ3v) is 6.70. The van der Waals surface area contributed by atoms with Gasteiger partial charge in [0.15, 0.2) is 0 Å². The average molecular weight is 493 g/mol. The Morgan fingerprint density at radius 2 is 1.86 bits per heavy atom. The third-order valence-electron chi connectivity index (χ3n) is 6.70. The number of hydrogen-bond donors (Lipinski definition) is 3. The molecule has 190 valence electrons. The Morgan fingerprint density at radius 3 is 2.56 bits per heavy atom. The first-order valence-corrected chi connectivity index (χ1v) is 12.0. The summed E-state index contributed by atoms with van der Waals surface area (Å²) < 4.78 is 10.4. The van der Waals surface area contributed by atoms with Gasteiger partial charge in [-0.3, -0.25) is 19.9 Å². The maximum atomic E-state index is 12.7. The van der Waals surface area contributed by atoms with E-state index in [2.05, 4.69) is 20.5 Å². The van der Waals surface area contributed by atoms with Gasteiger partial charge in [0.25, 0.3) is 0 Å². The van der Waals surface area contributed by atoms with Gasteiger partial charge in [-0.05, 0) is 54.8 Å². The Morgan fingerprint density at radius 1 is 1.11 bits per heavy atom. The quantitative estimate of drug-likeness (QED) is 0.391. The standard InChI is InChI=1S/C27H32N4O5/c1-35-20-8-9-23-22(16-20)21(10-13-28-23)24(32)18-31-14-11-27(12-15-31,26(34)36-2)29-17-25(33)30-19-6-4-3-5-7-19/h3-10,13,16,24,29,32H,11-12,14-15,17-18H2,1-2H3,(H,30,33). The highest BCUT2D eigenvalue weighted by Gasteiger charge is 2.42. The molecule has 1 aromatic heterocycles. The summed E-state index contributed by atoms with van der Waals surface area (Å²) in [6.07, 6.45) is 1.86. The molecule has 1 aliphatic rings. The number of anilines is 1. The highest BCUT2D eigenvalue weighted by molar-refractivity contribution is 5.93. The molecule has 0 bridgehead atoms. The van der Waals surface area contributed by atoms with E-state index < -0.39 is 11.6 Å². The normalized spacial score (nSPS) is 16.3. The zero-order chi connectivity index (χ0) is 25.5. The second-order valence-electron chi connectivity index (χ2n) is 8.94. The molecule has 2 heterocycles. The summed E-state index contributed by atoms with van der Waals surface area (Å²) in [6, 6.07) is 16.6. The maximum absolute atomic E-state index is 12.7. The van der Waals surface area contributed by atoms with Crippen LogP contribution < -0.4 is 15.4 Å². The molecule has 4 rings (SSSR count). The number of amides is 1. The second-order valence-corrected chi connectivity index (χ2v) is 8.94. The van der Waals surface area contributed by atoms with Crippen LogP contribution in [0.25, 0.3) is 10.9 Å². The number of rotatable bonds is 9. The molecule has 1 fully saturated rings. The number of β-amino-alcohol motifs (C(OH)–C–C–N with tert-alkyl or cyclic N) is 1. The van der Waals surface area contributed by atoms with E-state index in [9.17, 15) is 14.7 Å². The molecule has 0 radical (unpaired) electrons. The lowest BCUT2D eigenvalue weighted by Crippen LogP contribution is -2.60. The minimum absolute atomic E-state index is 0.0164. The van der Waals surface area contributed by atoms with Gasteiger partial charge in [0.05, 0.1) is 32.4 Å². The van der Waals surface area contributed by atoms with Crippen LogP contribution in [0.15, 0.2) is 60.8 Å². The van der Waals surface area contributed by atoms with E-state index in [-0.39, 0.29) is 18.4 Å². The average Bonchev–Trinajstić information content (AvgIpc) is 2.92. The molecule has 0 spiro atoms. The lowest BCUT2D eigenvalue weighted by molar-refractivity contribution is -0.151. The molecular weight excluding hydrogens is 460 g/mol. The number of hydrogen-bond acceptors (Lipinski definition) is 8. The number of pyridine rings is 1. The van der Waals surface area contributed by atoms with Crippen molar-refractivity contribution in [3.63, 3.8) is 0 Å². The van der Waals surface area contributed by atoms with E-state index in [4.69, 9.17) is 9.47 Å². The molecular formula is C27H32N4O5. The summed E-state index contributed by atoms with van der Waals surface area (Å²) >= 11 is 0. The Bertz CT molecular complexity index is 1200. The van der Waals surface area contributed by atoms with Gasteiger partial charge in [-0.15, -0.1) is 0 Å². The highest BCUT2D eigenvalue weighted by atomic mass is 16.5. The van der Waals surface area contributed by atoms with Crippen LogP contribution in [0.4, 0.5) is 5.69 Å². The number of aliphatic hydroxyl groups is 1. The molecule has 1 amide bonds. The Hall–Kier alpha value is -3.53. The first-order chi connectivity index (χ1) is 17.4. The van der Waals surface area contributed by atoms with Crippen LogP contribution in [0.1, 0.15) is 24.5 Å². The van der Waals surface area contributed by atoms with Crippen LogP contribution in [0.3, 0.4) is 0 Å². The number of aromatic nitrogens is 1. The van der Waals surface area contributed by atoms with Gasteiger partial charge in [-0.2, -0.15) is 0 Å². The smallest absolute Gasteiger partial charge is 0.326 e. The summed E-state index contributed by atoms with van der Waals surface area (Å²) in [7, 11) is 2.96. The monoisotopic (exact) mass is 492 g/mol. The molecule has 9 heteroatoms.